The highest BCUT2D eigenvalue weighted by Gasteiger charge is 2.06. The third-order valence-corrected chi connectivity index (χ3v) is 1.99. The third-order valence-electron chi connectivity index (χ3n) is 1.99. The van der Waals surface area contributed by atoms with Gasteiger partial charge in [0.05, 0.1) is 5.39 Å². The van der Waals surface area contributed by atoms with E-state index in [1.807, 2.05) is 6.92 Å². The van der Waals surface area contributed by atoms with Gasteiger partial charge in [0.2, 0.25) is 0 Å². The summed E-state index contributed by atoms with van der Waals surface area (Å²) in [6, 6.07) is 2.43. The van der Waals surface area contributed by atoms with Crippen LogP contribution >= 0.6 is 0 Å². The van der Waals surface area contributed by atoms with Gasteiger partial charge in [0.1, 0.15) is 17.8 Å². The second-order valence-corrected chi connectivity index (χ2v) is 3.74. The van der Waals surface area contributed by atoms with Crippen LogP contribution in [0.15, 0.2) is 12.4 Å². The number of rotatable bonds is 2. The van der Waals surface area contributed by atoms with Crippen LogP contribution in [0.4, 0.5) is 5.82 Å². The van der Waals surface area contributed by atoms with E-state index < -0.39 is 0 Å². The molecule has 0 fully saturated rings. The number of anilines is 1. The highest BCUT2D eigenvalue weighted by molar-refractivity contribution is 5.87. The number of hydrogen-bond donors (Lipinski definition) is 2. The number of hydrogen-bond acceptors (Lipinski definition) is 3. The van der Waals surface area contributed by atoms with Crippen LogP contribution in [0.3, 0.4) is 0 Å². The molecule has 0 radical (unpaired) electrons. The van der Waals surface area contributed by atoms with E-state index in [4.69, 9.17) is 0 Å². The second-order valence-electron chi connectivity index (χ2n) is 3.74. The first-order valence-electron chi connectivity index (χ1n) is 4.73. The van der Waals surface area contributed by atoms with Crippen LogP contribution in [0.5, 0.6) is 0 Å². The molecule has 0 saturated carbocycles. The Morgan fingerprint density at radius 2 is 2.14 bits per heavy atom. The van der Waals surface area contributed by atoms with Crippen LogP contribution in [-0.2, 0) is 0 Å². The Morgan fingerprint density at radius 3 is 2.86 bits per heavy atom. The van der Waals surface area contributed by atoms with Crippen molar-refractivity contribution in [2.45, 2.75) is 26.8 Å². The number of nitrogens with one attached hydrogen (secondary N) is 2. The SMILES string of the molecule is Cc1cc2c(NC(C)C)ncnc2[nH]1. The molecule has 0 spiro atoms. The average Bonchev–Trinajstić information content (AvgIpc) is 2.45. The molecule has 4 nitrogen and oxygen atoms in total. The van der Waals surface area contributed by atoms with Gasteiger partial charge in [0.25, 0.3) is 0 Å². The van der Waals surface area contributed by atoms with Gasteiger partial charge in [-0.2, -0.15) is 0 Å². The van der Waals surface area contributed by atoms with Crippen molar-refractivity contribution in [3.05, 3.63) is 18.1 Å². The highest BCUT2D eigenvalue weighted by atomic mass is 15.0. The summed E-state index contributed by atoms with van der Waals surface area (Å²) in [6.45, 7) is 6.20. The Hall–Kier alpha value is -1.58. The molecule has 14 heavy (non-hydrogen) atoms. The van der Waals surface area contributed by atoms with Crippen molar-refractivity contribution in [3.8, 4) is 0 Å². The fourth-order valence-corrected chi connectivity index (χ4v) is 1.46. The summed E-state index contributed by atoms with van der Waals surface area (Å²) in [6.07, 6.45) is 1.57. The fraction of sp³-hybridized carbons (Fsp3) is 0.400. The lowest BCUT2D eigenvalue weighted by Gasteiger charge is -2.08. The minimum Gasteiger partial charge on any atom is -0.367 e. The average molecular weight is 190 g/mol. The molecule has 0 atom stereocenters. The van der Waals surface area contributed by atoms with Gasteiger partial charge < -0.3 is 10.3 Å². The summed E-state index contributed by atoms with van der Waals surface area (Å²) in [5.74, 6) is 0.898. The molecule has 0 bridgehead atoms. The molecule has 2 N–H and O–H groups in total. The van der Waals surface area contributed by atoms with Crippen molar-refractivity contribution in [3.63, 3.8) is 0 Å². The van der Waals surface area contributed by atoms with Crippen LogP contribution in [-0.4, -0.2) is 21.0 Å². The fourth-order valence-electron chi connectivity index (χ4n) is 1.46. The van der Waals surface area contributed by atoms with Crippen molar-refractivity contribution in [1.82, 2.24) is 15.0 Å². The van der Waals surface area contributed by atoms with Gasteiger partial charge in [-0.15, -0.1) is 0 Å². The number of aromatic amines is 1. The zero-order valence-electron chi connectivity index (χ0n) is 8.63. The summed E-state index contributed by atoms with van der Waals surface area (Å²) >= 11 is 0. The zero-order valence-corrected chi connectivity index (χ0v) is 8.63. The van der Waals surface area contributed by atoms with Gasteiger partial charge >= 0.3 is 0 Å². The van der Waals surface area contributed by atoms with Crippen molar-refractivity contribution in [2.24, 2.45) is 0 Å². The lowest BCUT2D eigenvalue weighted by molar-refractivity contribution is 0.890. The lowest BCUT2D eigenvalue weighted by atomic mass is 10.3. The van der Waals surface area contributed by atoms with Crippen LogP contribution in [0, 0.1) is 6.92 Å². The molecular weight excluding hydrogens is 176 g/mol. The molecule has 2 rings (SSSR count). The number of nitrogens with zero attached hydrogens (tertiary/aromatic N) is 2. The first-order valence-corrected chi connectivity index (χ1v) is 4.73. The van der Waals surface area contributed by atoms with Gasteiger partial charge in [-0.1, -0.05) is 0 Å². The molecule has 0 saturated heterocycles. The molecule has 4 heteroatoms. The number of aryl methyl sites for hydroxylation is 1. The van der Waals surface area contributed by atoms with Crippen molar-refractivity contribution in [1.29, 1.82) is 0 Å². The Balaban J connectivity index is 2.53. The largest absolute Gasteiger partial charge is 0.367 e. The van der Waals surface area contributed by atoms with Gasteiger partial charge in [-0.25, -0.2) is 9.97 Å². The molecule has 2 heterocycles. The maximum absolute atomic E-state index is 4.22. The number of H-pyrrole nitrogens is 1. The Bertz CT molecular complexity index is 444. The molecule has 74 valence electrons. The molecule has 0 unspecified atom stereocenters. The second kappa shape index (κ2) is 3.29. The molecule has 0 amide bonds. The summed E-state index contributed by atoms with van der Waals surface area (Å²) in [5, 5.41) is 4.34. The van der Waals surface area contributed by atoms with E-state index in [1.54, 1.807) is 6.33 Å². The summed E-state index contributed by atoms with van der Waals surface area (Å²) in [5.41, 5.74) is 1.99. The Morgan fingerprint density at radius 1 is 1.36 bits per heavy atom. The van der Waals surface area contributed by atoms with Crippen LogP contribution < -0.4 is 5.32 Å². The van der Waals surface area contributed by atoms with Gasteiger partial charge in [-0.3, -0.25) is 0 Å². The summed E-state index contributed by atoms with van der Waals surface area (Å²) in [7, 11) is 0. The van der Waals surface area contributed by atoms with Gasteiger partial charge in [-0.05, 0) is 26.8 Å². The molecule has 0 aliphatic carbocycles. The first-order chi connectivity index (χ1) is 6.66. The highest BCUT2D eigenvalue weighted by Crippen LogP contribution is 2.20. The number of aromatic nitrogens is 3. The summed E-state index contributed by atoms with van der Waals surface area (Å²) in [4.78, 5) is 11.6. The maximum Gasteiger partial charge on any atom is 0.143 e. The first kappa shape index (κ1) is 8.99. The maximum atomic E-state index is 4.22. The minimum absolute atomic E-state index is 0.378. The monoisotopic (exact) mass is 190 g/mol. The Kier molecular flexibility index (Phi) is 2.11. The minimum atomic E-state index is 0.378. The standard InChI is InChI=1S/C10H14N4/c1-6(2)13-9-8-4-7(3)14-10(8)12-5-11-9/h4-6H,1-3H3,(H2,11,12,13,14). The molecule has 0 aromatic carbocycles. The topological polar surface area (TPSA) is 53.6 Å². The van der Waals surface area contributed by atoms with E-state index in [0.29, 0.717) is 6.04 Å². The van der Waals surface area contributed by atoms with E-state index in [9.17, 15) is 0 Å². The van der Waals surface area contributed by atoms with E-state index in [-0.39, 0.29) is 0 Å². The van der Waals surface area contributed by atoms with Gasteiger partial charge in [0.15, 0.2) is 0 Å². The van der Waals surface area contributed by atoms with Crippen LogP contribution in [0.2, 0.25) is 0 Å². The van der Waals surface area contributed by atoms with Crippen molar-refractivity contribution < 1.29 is 0 Å². The van der Waals surface area contributed by atoms with Crippen LogP contribution in [0.1, 0.15) is 19.5 Å². The molecule has 2 aromatic rings. The van der Waals surface area contributed by atoms with Gasteiger partial charge in [0, 0.05) is 11.7 Å². The normalized spacial score (nSPS) is 11.1. The summed E-state index contributed by atoms with van der Waals surface area (Å²) < 4.78 is 0. The lowest BCUT2D eigenvalue weighted by Crippen LogP contribution is -2.11. The predicted octanol–water partition coefficient (Wildman–Crippen LogP) is 2.09. The third kappa shape index (κ3) is 1.55. The molecular formula is C10H14N4. The van der Waals surface area contributed by atoms with E-state index >= 15 is 0 Å². The van der Waals surface area contributed by atoms with E-state index in [0.717, 1.165) is 22.5 Å². The quantitative estimate of drug-likeness (QED) is 0.762. The van der Waals surface area contributed by atoms with Crippen LogP contribution in [0.25, 0.3) is 11.0 Å². The Labute approximate surface area is 82.8 Å². The van der Waals surface area contributed by atoms with E-state index in [1.165, 1.54) is 0 Å². The smallest absolute Gasteiger partial charge is 0.143 e. The van der Waals surface area contributed by atoms with Crippen molar-refractivity contribution in [2.75, 3.05) is 5.32 Å². The molecule has 0 aliphatic rings. The number of fused-ring (bicyclic) bond motifs is 1. The van der Waals surface area contributed by atoms with E-state index in [2.05, 4.69) is 40.2 Å². The molecule has 2 aromatic heterocycles. The predicted molar refractivity (Wildman–Crippen MR) is 57.4 cm³/mol. The molecule has 0 aliphatic heterocycles. The zero-order chi connectivity index (χ0) is 10.1. The van der Waals surface area contributed by atoms with Crippen molar-refractivity contribution >= 4 is 16.9 Å².